The Morgan fingerprint density at radius 2 is 2.05 bits per heavy atom. The van der Waals surface area contributed by atoms with E-state index in [9.17, 15) is 4.39 Å². The van der Waals surface area contributed by atoms with E-state index < -0.39 is 5.82 Å². The van der Waals surface area contributed by atoms with Crippen molar-refractivity contribution in [2.45, 2.75) is 6.92 Å². The summed E-state index contributed by atoms with van der Waals surface area (Å²) in [6.07, 6.45) is 0. The van der Waals surface area contributed by atoms with Gasteiger partial charge in [0.1, 0.15) is 23.2 Å². The number of nitrogens with two attached hydrogens (primary N) is 1. The van der Waals surface area contributed by atoms with Gasteiger partial charge < -0.3 is 10.5 Å². The van der Waals surface area contributed by atoms with Crippen molar-refractivity contribution in [1.82, 2.24) is 0 Å². The van der Waals surface area contributed by atoms with E-state index in [0.717, 1.165) is 10.0 Å². The van der Waals surface area contributed by atoms with Gasteiger partial charge in [-0.3, -0.25) is 5.41 Å². The summed E-state index contributed by atoms with van der Waals surface area (Å²) < 4.78 is 20.2. The first kappa shape index (κ1) is 13.5. The number of nitrogens with one attached hydrogen (secondary N) is 1. The number of rotatable bonds is 3. The molecule has 0 aliphatic rings. The first-order chi connectivity index (χ1) is 8.99. The van der Waals surface area contributed by atoms with Crippen molar-refractivity contribution in [3.8, 4) is 11.5 Å². The number of benzene rings is 2. The lowest BCUT2D eigenvalue weighted by molar-refractivity contribution is 0.474. The number of ether oxygens (including phenoxy) is 1. The second kappa shape index (κ2) is 5.40. The third-order valence-electron chi connectivity index (χ3n) is 2.60. The Balaban J connectivity index is 2.40. The van der Waals surface area contributed by atoms with Crippen LogP contribution in [0.3, 0.4) is 0 Å². The molecule has 0 saturated heterocycles. The lowest BCUT2D eigenvalue weighted by Crippen LogP contribution is -2.14. The van der Waals surface area contributed by atoms with Crippen LogP contribution in [0.15, 0.2) is 40.9 Å². The van der Waals surface area contributed by atoms with Crippen molar-refractivity contribution in [3.05, 3.63) is 57.8 Å². The first-order valence-corrected chi connectivity index (χ1v) is 6.35. The van der Waals surface area contributed by atoms with Crippen LogP contribution in [-0.2, 0) is 0 Å². The maximum absolute atomic E-state index is 13.6. The van der Waals surface area contributed by atoms with E-state index >= 15 is 0 Å². The van der Waals surface area contributed by atoms with Gasteiger partial charge in [0.25, 0.3) is 0 Å². The monoisotopic (exact) mass is 322 g/mol. The van der Waals surface area contributed by atoms with Crippen molar-refractivity contribution in [2.24, 2.45) is 5.73 Å². The molecule has 2 rings (SSSR count). The van der Waals surface area contributed by atoms with Crippen LogP contribution >= 0.6 is 15.9 Å². The molecule has 3 N–H and O–H groups in total. The quantitative estimate of drug-likeness (QED) is 0.663. The maximum Gasteiger partial charge on any atom is 0.141 e. The molecule has 98 valence electrons. The average Bonchev–Trinajstić information content (AvgIpc) is 2.33. The minimum atomic E-state index is -0.571. The van der Waals surface area contributed by atoms with Crippen molar-refractivity contribution >= 4 is 21.8 Å². The molecule has 2 aromatic carbocycles. The second-order valence-electron chi connectivity index (χ2n) is 4.04. The van der Waals surface area contributed by atoms with Gasteiger partial charge in [0.15, 0.2) is 0 Å². The van der Waals surface area contributed by atoms with Crippen LogP contribution in [0, 0.1) is 18.2 Å². The summed E-state index contributed by atoms with van der Waals surface area (Å²) in [6.45, 7) is 1.93. The van der Waals surface area contributed by atoms with E-state index in [1.165, 1.54) is 12.1 Å². The number of aryl methyl sites for hydroxylation is 1. The molecule has 0 aromatic heterocycles. The van der Waals surface area contributed by atoms with Crippen LogP contribution in [0.4, 0.5) is 4.39 Å². The zero-order valence-electron chi connectivity index (χ0n) is 10.2. The number of nitrogen functional groups attached to an aromatic ring is 1. The molecule has 0 saturated carbocycles. The molecular formula is C14H12BrFN2O. The highest BCUT2D eigenvalue weighted by atomic mass is 79.9. The molecule has 3 nitrogen and oxygen atoms in total. The van der Waals surface area contributed by atoms with E-state index in [1.54, 1.807) is 12.1 Å². The highest BCUT2D eigenvalue weighted by Crippen LogP contribution is 2.29. The van der Waals surface area contributed by atoms with Gasteiger partial charge in [-0.25, -0.2) is 4.39 Å². The van der Waals surface area contributed by atoms with Gasteiger partial charge in [-0.1, -0.05) is 22.0 Å². The van der Waals surface area contributed by atoms with Gasteiger partial charge in [0.05, 0.1) is 5.56 Å². The van der Waals surface area contributed by atoms with E-state index in [2.05, 4.69) is 15.9 Å². The summed E-state index contributed by atoms with van der Waals surface area (Å²) >= 11 is 3.39. The summed E-state index contributed by atoms with van der Waals surface area (Å²) in [5.41, 5.74) is 6.35. The van der Waals surface area contributed by atoms with Crippen molar-refractivity contribution < 1.29 is 9.13 Å². The Bertz CT molecular complexity index is 643. The molecule has 0 bridgehead atoms. The molecule has 0 spiro atoms. The van der Waals surface area contributed by atoms with Crippen molar-refractivity contribution in [3.63, 3.8) is 0 Å². The van der Waals surface area contributed by atoms with Gasteiger partial charge in [-0.05, 0) is 42.8 Å². The van der Waals surface area contributed by atoms with E-state index in [1.807, 2.05) is 19.1 Å². The zero-order valence-corrected chi connectivity index (χ0v) is 11.8. The zero-order chi connectivity index (χ0) is 14.0. The molecule has 0 fully saturated rings. The SMILES string of the molecule is Cc1cc(Oc2cccc(F)c2C(=N)N)ccc1Br. The van der Waals surface area contributed by atoms with Gasteiger partial charge in [0.2, 0.25) is 0 Å². The number of amidine groups is 1. The van der Waals surface area contributed by atoms with Crippen LogP contribution in [0.2, 0.25) is 0 Å². The van der Waals surface area contributed by atoms with Gasteiger partial charge in [-0.15, -0.1) is 0 Å². The predicted molar refractivity (Wildman–Crippen MR) is 76.4 cm³/mol. The summed E-state index contributed by atoms with van der Waals surface area (Å²) in [4.78, 5) is 0. The normalized spacial score (nSPS) is 10.3. The largest absolute Gasteiger partial charge is 0.456 e. The Labute approximate surface area is 118 Å². The van der Waals surface area contributed by atoms with Crippen molar-refractivity contribution in [2.75, 3.05) is 0 Å². The first-order valence-electron chi connectivity index (χ1n) is 5.56. The lowest BCUT2D eigenvalue weighted by Gasteiger charge is -2.11. The Kier molecular flexibility index (Phi) is 3.85. The minimum Gasteiger partial charge on any atom is -0.456 e. The van der Waals surface area contributed by atoms with Crippen LogP contribution in [0.5, 0.6) is 11.5 Å². The van der Waals surface area contributed by atoms with Crippen molar-refractivity contribution in [1.29, 1.82) is 5.41 Å². The number of halogens is 2. The van der Waals surface area contributed by atoms with Crippen LogP contribution in [-0.4, -0.2) is 5.84 Å². The van der Waals surface area contributed by atoms with Crippen LogP contribution in [0.25, 0.3) is 0 Å². The molecule has 2 aromatic rings. The summed E-state index contributed by atoms with van der Waals surface area (Å²) in [5.74, 6) is -0.135. The van der Waals surface area contributed by atoms with Gasteiger partial charge >= 0.3 is 0 Å². The fourth-order valence-electron chi connectivity index (χ4n) is 1.66. The lowest BCUT2D eigenvalue weighted by atomic mass is 10.1. The molecule has 19 heavy (non-hydrogen) atoms. The second-order valence-corrected chi connectivity index (χ2v) is 4.89. The smallest absolute Gasteiger partial charge is 0.141 e. The average molecular weight is 323 g/mol. The molecule has 0 heterocycles. The van der Waals surface area contributed by atoms with E-state index in [-0.39, 0.29) is 17.1 Å². The molecule has 5 heteroatoms. The summed E-state index contributed by atoms with van der Waals surface area (Å²) in [5, 5.41) is 7.41. The topological polar surface area (TPSA) is 59.1 Å². The number of hydrogen-bond acceptors (Lipinski definition) is 2. The minimum absolute atomic E-state index is 0.0249. The van der Waals surface area contributed by atoms with E-state index in [0.29, 0.717) is 5.75 Å². The standard InChI is InChI=1S/C14H12BrFN2O/c1-8-7-9(5-6-10(8)15)19-12-4-2-3-11(16)13(12)14(17)18/h2-7H,1H3,(H3,17,18). The molecule has 0 unspecified atom stereocenters. The Hall–Kier alpha value is -1.88. The molecule has 0 aliphatic carbocycles. The van der Waals surface area contributed by atoms with Crippen LogP contribution < -0.4 is 10.5 Å². The number of hydrogen-bond donors (Lipinski definition) is 2. The van der Waals surface area contributed by atoms with E-state index in [4.69, 9.17) is 15.9 Å². The Morgan fingerprint density at radius 3 is 2.68 bits per heavy atom. The maximum atomic E-state index is 13.6. The van der Waals surface area contributed by atoms with Crippen LogP contribution in [0.1, 0.15) is 11.1 Å². The predicted octanol–water partition coefficient (Wildman–Crippen LogP) is 3.97. The highest BCUT2D eigenvalue weighted by Gasteiger charge is 2.13. The third kappa shape index (κ3) is 2.93. The fourth-order valence-corrected chi connectivity index (χ4v) is 1.91. The Morgan fingerprint density at radius 1 is 1.32 bits per heavy atom. The third-order valence-corrected chi connectivity index (χ3v) is 3.49. The van der Waals surface area contributed by atoms with Gasteiger partial charge in [0, 0.05) is 4.47 Å². The highest BCUT2D eigenvalue weighted by molar-refractivity contribution is 9.10. The molecular weight excluding hydrogens is 311 g/mol. The molecule has 0 amide bonds. The van der Waals surface area contributed by atoms with Gasteiger partial charge in [-0.2, -0.15) is 0 Å². The summed E-state index contributed by atoms with van der Waals surface area (Å²) in [7, 11) is 0. The fraction of sp³-hybridized carbons (Fsp3) is 0.0714. The molecule has 0 atom stereocenters. The molecule has 0 aliphatic heterocycles. The molecule has 0 radical (unpaired) electrons. The summed E-state index contributed by atoms with van der Waals surface area (Å²) in [6, 6.07) is 9.76.